The fraction of sp³-hybridized carbons (Fsp3) is 0.381. The van der Waals surface area contributed by atoms with E-state index in [0.717, 1.165) is 42.4 Å². The standard InChI is InChI=1S/C21H26ClN3O3S/c1-14-11-18(29(23,27)28)12-19(15(14)2)25-20(26)13-24-21(9-3-4-10-21)16-5-7-17(22)8-6-16/h5-8,11-12,24H,3-4,9-10,13H2,1-2H3,(H,25,26)(H2,23,27,28). The summed E-state index contributed by atoms with van der Waals surface area (Å²) in [5, 5.41) is 12.2. The molecule has 1 saturated carbocycles. The van der Waals surface area contributed by atoms with E-state index in [1.807, 2.05) is 31.2 Å². The largest absolute Gasteiger partial charge is 0.325 e. The van der Waals surface area contributed by atoms with E-state index in [-0.39, 0.29) is 22.9 Å². The number of sulfonamides is 1. The van der Waals surface area contributed by atoms with E-state index >= 15 is 0 Å². The van der Waals surface area contributed by atoms with Gasteiger partial charge >= 0.3 is 0 Å². The molecule has 2 aromatic carbocycles. The number of nitrogens with one attached hydrogen (secondary N) is 2. The Morgan fingerprint density at radius 3 is 2.34 bits per heavy atom. The van der Waals surface area contributed by atoms with Gasteiger partial charge in [0.15, 0.2) is 0 Å². The van der Waals surface area contributed by atoms with Crippen LogP contribution in [-0.4, -0.2) is 20.9 Å². The number of hydrogen-bond donors (Lipinski definition) is 3. The summed E-state index contributed by atoms with van der Waals surface area (Å²) in [5.41, 5.74) is 2.87. The van der Waals surface area contributed by atoms with Crippen LogP contribution in [0.2, 0.25) is 5.02 Å². The lowest BCUT2D eigenvalue weighted by atomic mass is 9.88. The predicted molar refractivity (Wildman–Crippen MR) is 116 cm³/mol. The number of amides is 1. The van der Waals surface area contributed by atoms with Crippen LogP contribution in [0, 0.1) is 13.8 Å². The second kappa shape index (κ2) is 8.44. The lowest BCUT2D eigenvalue weighted by Crippen LogP contribution is -2.44. The van der Waals surface area contributed by atoms with Gasteiger partial charge in [0.2, 0.25) is 15.9 Å². The van der Waals surface area contributed by atoms with Crippen LogP contribution in [0.5, 0.6) is 0 Å². The molecule has 2 aromatic rings. The Balaban J connectivity index is 1.75. The third-order valence-electron chi connectivity index (χ3n) is 5.68. The molecule has 1 amide bonds. The van der Waals surface area contributed by atoms with E-state index in [1.165, 1.54) is 12.1 Å². The molecule has 0 unspecified atom stereocenters. The van der Waals surface area contributed by atoms with Crippen molar-refractivity contribution in [1.82, 2.24) is 5.32 Å². The molecule has 6 nitrogen and oxygen atoms in total. The Bertz CT molecular complexity index is 1010. The van der Waals surface area contributed by atoms with Crippen LogP contribution < -0.4 is 15.8 Å². The molecular formula is C21H26ClN3O3S. The van der Waals surface area contributed by atoms with Crippen molar-refractivity contribution in [3.8, 4) is 0 Å². The van der Waals surface area contributed by atoms with Gasteiger partial charge in [0.05, 0.1) is 11.4 Å². The smallest absolute Gasteiger partial charge is 0.238 e. The summed E-state index contributed by atoms with van der Waals surface area (Å²) < 4.78 is 23.4. The van der Waals surface area contributed by atoms with Crippen LogP contribution in [0.3, 0.4) is 0 Å². The van der Waals surface area contributed by atoms with E-state index in [9.17, 15) is 13.2 Å². The highest BCUT2D eigenvalue weighted by atomic mass is 35.5. The maximum absolute atomic E-state index is 12.6. The van der Waals surface area contributed by atoms with Gasteiger partial charge in [-0.1, -0.05) is 36.6 Å². The van der Waals surface area contributed by atoms with Crippen LogP contribution in [0.4, 0.5) is 5.69 Å². The number of rotatable bonds is 6. The van der Waals surface area contributed by atoms with Crippen molar-refractivity contribution in [3.63, 3.8) is 0 Å². The quantitative estimate of drug-likeness (QED) is 0.645. The summed E-state index contributed by atoms with van der Waals surface area (Å²) in [6.07, 6.45) is 4.07. The molecule has 1 aliphatic carbocycles. The number of carbonyl (C=O) groups is 1. The molecule has 29 heavy (non-hydrogen) atoms. The molecule has 0 radical (unpaired) electrons. The fourth-order valence-corrected chi connectivity index (χ4v) is 4.63. The average Bonchev–Trinajstić information content (AvgIpc) is 3.13. The van der Waals surface area contributed by atoms with E-state index in [0.29, 0.717) is 10.7 Å². The second-order valence-electron chi connectivity index (χ2n) is 7.66. The van der Waals surface area contributed by atoms with Gasteiger partial charge in [0.1, 0.15) is 0 Å². The monoisotopic (exact) mass is 435 g/mol. The van der Waals surface area contributed by atoms with Crippen LogP contribution >= 0.6 is 11.6 Å². The Kier molecular flexibility index (Phi) is 6.33. The number of aryl methyl sites for hydroxylation is 1. The SMILES string of the molecule is Cc1cc(S(N)(=O)=O)cc(NC(=O)CNC2(c3ccc(Cl)cc3)CCCC2)c1C. The van der Waals surface area contributed by atoms with Gasteiger partial charge in [-0.2, -0.15) is 0 Å². The summed E-state index contributed by atoms with van der Waals surface area (Å²) >= 11 is 6.02. The first-order valence-corrected chi connectivity index (χ1v) is 11.5. The van der Waals surface area contributed by atoms with Gasteiger partial charge in [-0.05, 0) is 67.6 Å². The van der Waals surface area contributed by atoms with Crippen LogP contribution in [0.25, 0.3) is 0 Å². The lowest BCUT2D eigenvalue weighted by Gasteiger charge is -2.31. The molecule has 156 valence electrons. The van der Waals surface area contributed by atoms with Crippen molar-refractivity contribution in [2.24, 2.45) is 5.14 Å². The van der Waals surface area contributed by atoms with E-state index in [1.54, 1.807) is 6.92 Å². The zero-order chi connectivity index (χ0) is 21.2. The molecule has 0 aliphatic heterocycles. The molecule has 1 aliphatic rings. The third kappa shape index (κ3) is 4.98. The highest BCUT2D eigenvalue weighted by molar-refractivity contribution is 7.89. The first-order chi connectivity index (χ1) is 13.6. The molecule has 1 fully saturated rings. The average molecular weight is 436 g/mol. The maximum Gasteiger partial charge on any atom is 0.238 e. The van der Waals surface area contributed by atoms with Gasteiger partial charge in [-0.15, -0.1) is 0 Å². The second-order valence-corrected chi connectivity index (χ2v) is 9.65. The first kappa shape index (κ1) is 21.8. The molecule has 0 heterocycles. The van der Waals surface area contributed by atoms with Gasteiger partial charge in [-0.3, -0.25) is 10.1 Å². The fourth-order valence-electron chi connectivity index (χ4n) is 3.88. The topological polar surface area (TPSA) is 101 Å². The molecule has 0 spiro atoms. The molecule has 8 heteroatoms. The molecule has 0 saturated heterocycles. The van der Waals surface area contributed by atoms with Crippen LogP contribution in [0.15, 0.2) is 41.3 Å². The van der Waals surface area contributed by atoms with Crippen molar-refractivity contribution >= 4 is 33.2 Å². The molecule has 0 aromatic heterocycles. The zero-order valence-electron chi connectivity index (χ0n) is 16.6. The summed E-state index contributed by atoms with van der Waals surface area (Å²) in [6, 6.07) is 10.6. The zero-order valence-corrected chi connectivity index (χ0v) is 18.2. The number of halogens is 1. The minimum atomic E-state index is -3.85. The maximum atomic E-state index is 12.6. The number of hydrogen-bond acceptors (Lipinski definition) is 4. The predicted octanol–water partition coefficient (Wildman–Crippen LogP) is 3.60. The van der Waals surface area contributed by atoms with Gasteiger partial charge in [-0.25, -0.2) is 13.6 Å². The van der Waals surface area contributed by atoms with E-state index in [4.69, 9.17) is 16.7 Å². The number of benzene rings is 2. The van der Waals surface area contributed by atoms with Crippen LogP contribution in [-0.2, 0) is 20.4 Å². The highest BCUT2D eigenvalue weighted by Gasteiger charge is 2.35. The van der Waals surface area contributed by atoms with Gasteiger partial charge in [0, 0.05) is 16.2 Å². The van der Waals surface area contributed by atoms with E-state index < -0.39 is 10.0 Å². The van der Waals surface area contributed by atoms with Gasteiger partial charge < -0.3 is 5.32 Å². The molecule has 0 atom stereocenters. The Hall–Kier alpha value is -1.93. The summed E-state index contributed by atoms with van der Waals surface area (Å²) in [7, 11) is -3.85. The van der Waals surface area contributed by atoms with Crippen molar-refractivity contribution < 1.29 is 13.2 Å². The summed E-state index contributed by atoms with van der Waals surface area (Å²) in [6.45, 7) is 3.73. The lowest BCUT2D eigenvalue weighted by molar-refractivity contribution is -0.115. The minimum absolute atomic E-state index is 0.0164. The Morgan fingerprint density at radius 1 is 1.14 bits per heavy atom. The number of carbonyl (C=O) groups excluding carboxylic acids is 1. The highest BCUT2D eigenvalue weighted by Crippen LogP contribution is 2.39. The van der Waals surface area contributed by atoms with Crippen molar-refractivity contribution in [1.29, 1.82) is 0 Å². The molecule has 4 N–H and O–H groups in total. The molecule has 3 rings (SSSR count). The first-order valence-electron chi connectivity index (χ1n) is 9.56. The van der Waals surface area contributed by atoms with E-state index in [2.05, 4.69) is 10.6 Å². The Morgan fingerprint density at radius 2 is 1.76 bits per heavy atom. The molecular weight excluding hydrogens is 410 g/mol. The number of anilines is 1. The summed E-state index contributed by atoms with van der Waals surface area (Å²) in [5.74, 6) is -0.237. The number of nitrogens with two attached hydrogens (primary N) is 1. The van der Waals surface area contributed by atoms with Crippen molar-refractivity contribution in [3.05, 3.63) is 58.1 Å². The number of primary sulfonamides is 1. The third-order valence-corrected chi connectivity index (χ3v) is 6.83. The summed E-state index contributed by atoms with van der Waals surface area (Å²) in [4.78, 5) is 12.6. The van der Waals surface area contributed by atoms with Crippen molar-refractivity contribution in [2.45, 2.75) is 50.0 Å². The van der Waals surface area contributed by atoms with Crippen molar-refractivity contribution in [2.75, 3.05) is 11.9 Å². The molecule has 0 bridgehead atoms. The minimum Gasteiger partial charge on any atom is -0.325 e. The normalized spacial score (nSPS) is 16.0. The van der Waals surface area contributed by atoms with Gasteiger partial charge in [0.25, 0.3) is 0 Å². The van der Waals surface area contributed by atoms with Crippen LogP contribution in [0.1, 0.15) is 42.4 Å². The Labute approximate surface area is 176 Å².